The number of ketones is 1. The van der Waals surface area contributed by atoms with E-state index in [9.17, 15) is 4.79 Å². The molecule has 0 aliphatic heterocycles. The molecule has 3 rings (SSSR count). The van der Waals surface area contributed by atoms with E-state index in [2.05, 4.69) is 30.3 Å². The normalized spacial score (nSPS) is 10.6. The largest absolute Gasteiger partial charge is 0.497 e. The van der Waals surface area contributed by atoms with Gasteiger partial charge in [0, 0.05) is 6.42 Å². The van der Waals surface area contributed by atoms with Crippen molar-refractivity contribution in [2.45, 2.75) is 13.3 Å². The van der Waals surface area contributed by atoms with Crippen molar-refractivity contribution in [2.24, 2.45) is 0 Å². The van der Waals surface area contributed by atoms with Crippen molar-refractivity contribution in [3.63, 3.8) is 0 Å². The molecule has 0 N–H and O–H groups in total. The van der Waals surface area contributed by atoms with Crippen molar-refractivity contribution in [1.29, 1.82) is 0 Å². The molecule has 0 saturated heterocycles. The fourth-order valence-corrected chi connectivity index (χ4v) is 2.75. The van der Waals surface area contributed by atoms with Crippen LogP contribution in [0.5, 0.6) is 5.75 Å². The van der Waals surface area contributed by atoms with E-state index in [0.29, 0.717) is 6.42 Å². The van der Waals surface area contributed by atoms with Gasteiger partial charge in [-0.2, -0.15) is 0 Å². The van der Waals surface area contributed by atoms with Crippen LogP contribution in [0.2, 0.25) is 0 Å². The van der Waals surface area contributed by atoms with E-state index in [0.717, 1.165) is 22.4 Å². The number of hydrogen-bond acceptors (Lipinski definition) is 2. The molecule has 0 bridgehead atoms. The molecule has 0 radical (unpaired) electrons. The average molecular weight is 290 g/mol. The van der Waals surface area contributed by atoms with E-state index >= 15 is 0 Å². The van der Waals surface area contributed by atoms with Crippen molar-refractivity contribution in [1.82, 2.24) is 0 Å². The van der Waals surface area contributed by atoms with Crippen LogP contribution in [-0.4, -0.2) is 12.9 Å². The van der Waals surface area contributed by atoms with Crippen LogP contribution in [0.15, 0.2) is 60.7 Å². The molecule has 22 heavy (non-hydrogen) atoms. The summed E-state index contributed by atoms with van der Waals surface area (Å²) in [5.41, 5.74) is 3.21. The molecule has 0 atom stereocenters. The Morgan fingerprint density at radius 1 is 0.955 bits per heavy atom. The van der Waals surface area contributed by atoms with Gasteiger partial charge in [-0.15, -0.1) is 0 Å². The van der Waals surface area contributed by atoms with Gasteiger partial charge in [-0.05, 0) is 52.6 Å². The van der Waals surface area contributed by atoms with Gasteiger partial charge in [0.15, 0.2) is 0 Å². The molecule has 0 aliphatic rings. The van der Waals surface area contributed by atoms with Gasteiger partial charge in [-0.25, -0.2) is 0 Å². The molecule has 0 spiro atoms. The second-order valence-electron chi connectivity index (χ2n) is 5.46. The van der Waals surface area contributed by atoms with Crippen LogP contribution in [0.3, 0.4) is 0 Å². The Labute approximate surface area is 130 Å². The first-order valence-corrected chi connectivity index (χ1v) is 7.33. The molecule has 2 heteroatoms. The van der Waals surface area contributed by atoms with Gasteiger partial charge in [0.1, 0.15) is 11.5 Å². The highest BCUT2D eigenvalue weighted by molar-refractivity contribution is 5.89. The van der Waals surface area contributed by atoms with Crippen molar-refractivity contribution in [3.05, 3.63) is 66.2 Å². The second-order valence-corrected chi connectivity index (χ2v) is 5.46. The van der Waals surface area contributed by atoms with Crippen molar-refractivity contribution in [2.75, 3.05) is 7.11 Å². The Hall–Kier alpha value is -2.61. The maximum Gasteiger partial charge on any atom is 0.134 e. The Morgan fingerprint density at radius 3 is 2.45 bits per heavy atom. The Bertz CT molecular complexity index is 834. The molecule has 0 amide bonds. The molecule has 0 fully saturated rings. The summed E-state index contributed by atoms with van der Waals surface area (Å²) in [5, 5.41) is 2.41. The Morgan fingerprint density at radius 2 is 1.73 bits per heavy atom. The maximum atomic E-state index is 11.6. The number of rotatable bonds is 4. The predicted octanol–water partition coefficient (Wildman–Crippen LogP) is 4.65. The molecule has 3 aromatic carbocycles. The molecule has 0 aliphatic carbocycles. The smallest absolute Gasteiger partial charge is 0.134 e. The van der Waals surface area contributed by atoms with Crippen LogP contribution >= 0.6 is 0 Å². The zero-order valence-electron chi connectivity index (χ0n) is 12.8. The number of ether oxygens (including phenoxy) is 1. The van der Waals surface area contributed by atoms with Gasteiger partial charge < -0.3 is 4.74 Å². The van der Waals surface area contributed by atoms with Crippen LogP contribution < -0.4 is 4.74 Å². The molecule has 110 valence electrons. The molecular formula is C20H18O2. The van der Waals surface area contributed by atoms with Crippen molar-refractivity contribution in [3.8, 4) is 16.9 Å². The number of Topliss-reactive ketones (excluding diaryl/α,β-unsaturated/α-hetero) is 1. The van der Waals surface area contributed by atoms with Gasteiger partial charge in [0.2, 0.25) is 0 Å². The molecule has 0 unspecified atom stereocenters. The Balaban J connectivity index is 2.13. The van der Waals surface area contributed by atoms with Gasteiger partial charge in [0.25, 0.3) is 0 Å². The van der Waals surface area contributed by atoms with Crippen molar-refractivity contribution >= 4 is 16.6 Å². The first-order chi connectivity index (χ1) is 10.7. The highest BCUT2D eigenvalue weighted by Crippen LogP contribution is 2.30. The summed E-state index contributed by atoms with van der Waals surface area (Å²) >= 11 is 0. The van der Waals surface area contributed by atoms with Crippen LogP contribution in [0.4, 0.5) is 0 Å². The van der Waals surface area contributed by atoms with Crippen LogP contribution in [-0.2, 0) is 11.2 Å². The number of benzene rings is 3. The van der Waals surface area contributed by atoms with E-state index in [4.69, 9.17) is 4.74 Å². The quantitative estimate of drug-likeness (QED) is 0.699. The topological polar surface area (TPSA) is 26.3 Å². The van der Waals surface area contributed by atoms with Crippen molar-refractivity contribution < 1.29 is 9.53 Å². The summed E-state index contributed by atoms with van der Waals surface area (Å²) < 4.78 is 5.29. The molecule has 2 nitrogen and oxygen atoms in total. The minimum Gasteiger partial charge on any atom is -0.497 e. The lowest BCUT2D eigenvalue weighted by Crippen LogP contribution is -1.99. The molecule has 3 aromatic rings. The van der Waals surface area contributed by atoms with E-state index in [-0.39, 0.29) is 5.78 Å². The lowest BCUT2D eigenvalue weighted by atomic mass is 9.94. The first-order valence-electron chi connectivity index (χ1n) is 7.33. The monoisotopic (exact) mass is 290 g/mol. The first kappa shape index (κ1) is 14.3. The summed E-state index contributed by atoms with van der Waals surface area (Å²) in [4.78, 5) is 11.6. The molecule has 0 aromatic heterocycles. The fraction of sp³-hybridized carbons (Fsp3) is 0.150. The van der Waals surface area contributed by atoms with Gasteiger partial charge in [0.05, 0.1) is 7.11 Å². The Kier molecular flexibility index (Phi) is 3.92. The van der Waals surface area contributed by atoms with E-state index < -0.39 is 0 Å². The van der Waals surface area contributed by atoms with E-state index in [1.165, 1.54) is 10.8 Å². The number of hydrogen-bond donors (Lipinski definition) is 0. The highest BCUT2D eigenvalue weighted by Gasteiger charge is 2.09. The molecular weight excluding hydrogens is 272 g/mol. The number of carbonyl (C=O) groups excluding carboxylic acids is 1. The fourth-order valence-electron chi connectivity index (χ4n) is 2.75. The SMILES string of the molecule is COc1ccc(-c2ccc3ccccc3c2)c(CC(C)=O)c1. The zero-order valence-corrected chi connectivity index (χ0v) is 12.8. The number of fused-ring (bicyclic) bond motifs is 1. The molecule has 0 heterocycles. The maximum absolute atomic E-state index is 11.6. The summed E-state index contributed by atoms with van der Waals surface area (Å²) in [6.07, 6.45) is 0.416. The highest BCUT2D eigenvalue weighted by atomic mass is 16.5. The zero-order chi connectivity index (χ0) is 15.5. The van der Waals surface area contributed by atoms with Crippen LogP contribution in [0, 0.1) is 0 Å². The van der Waals surface area contributed by atoms with Crippen LogP contribution in [0.1, 0.15) is 12.5 Å². The average Bonchev–Trinajstić information content (AvgIpc) is 2.53. The minimum atomic E-state index is 0.148. The van der Waals surface area contributed by atoms with Gasteiger partial charge in [-0.1, -0.05) is 42.5 Å². The number of carbonyl (C=O) groups is 1. The molecule has 0 saturated carbocycles. The van der Waals surface area contributed by atoms with Gasteiger partial charge in [-0.3, -0.25) is 4.79 Å². The van der Waals surface area contributed by atoms with Gasteiger partial charge >= 0.3 is 0 Å². The minimum absolute atomic E-state index is 0.148. The predicted molar refractivity (Wildman–Crippen MR) is 90.3 cm³/mol. The van der Waals surface area contributed by atoms with E-state index in [1.54, 1.807) is 14.0 Å². The summed E-state index contributed by atoms with van der Waals surface area (Å²) in [7, 11) is 1.64. The third-order valence-corrected chi connectivity index (χ3v) is 3.81. The summed E-state index contributed by atoms with van der Waals surface area (Å²) in [5.74, 6) is 0.927. The summed E-state index contributed by atoms with van der Waals surface area (Å²) in [6.45, 7) is 1.61. The number of methoxy groups -OCH3 is 1. The summed E-state index contributed by atoms with van der Waals surface area (Å²) in [6, 6.07) is 20.6. The lowest BCUT2D eigenvalue weighted by molar-refractivity contribution is -0.116. The second kappa shape index (κ2) is 6.02. The standard InChI is InChI=1S/C20H18O2/c1-14(21)11-18-13-19(22-2)9-10-20(18)17-8-7-15-5-3-4-6-16(15)12-17/h3-10,12-13H,11H2,1-2H3. The third kappa shape index (κ3) is 2.86. The third-order valence-electron chi connectivity index (χ3n) is 3.81. The van der Waals surface area contributed by atoms with E-state index in [1.807, 2.05) is 30.3 Å². The van der Waals surface area contributed by atoms with Crippen LogP contribution in [0.25, 0.3) is 21.9 Å². The lowest BCUT2D eigenvalue weighted by Gasteiger charge is -2.12.